The smallest absolute Gasteiger partial charge is 0.0516 e. The highest BCUT2D eigenvalue weighted by atomic mass is 79.9. The van der Waals surface area contributed by atoms with Gasteiger partial charge in [0.25, 0.3) is 0 Å². The van der Waals surface area contributed by atoms with E-state index in [9.17, 15) is 0 Å². The summed E-state index contributed by atoms with van der Waals surface area (Å²) in [6.07, 6.45) is 2.49. The monoisotopic (exact) mass is 310 g/mol. The number of likely N-dealkylation sites (tertiary alicyclic amines) is 1. The van der Waals surface area contributed by atoms with Crippen molar-refractivity contribution >= 4 is 21.6 Å². The predicted octanol–water partition coefficient (Wildman–Crippen LogP) is 3.96. The number of hydrogen-bond acceptors (Lipinski definition) is 2. The lowest BCUT2D eigenvalue weighted by Crippen LogP contribution is -2.39. The fourth-order valence-electron chi connectivity index (χ4n) is 2.70. The Hall–Kier alpha value is -0.540. The number of rotatable bonds is 3. The minimum absolute atomic E-state index is 0.616. The number of nitrogens with zero attached hydrogens (tertiary/aromatic N) is 1. The van der Waals surface area contributed by atoms with Crippen LogP contribution >= 0.6 is 15.9 Å². The van der Waals surface area contributed by atoms with Gasteiger partial charge in [0.1, 0.15) is 0 Å². The molecule has 2 nitrogen and oxygen atoms in total. The molecule has 1 aromatic rings. The van der Waals surface area contributed by atoms with Crippen molar-refractivity contribution in [2.24, 2.45) is 0 Å². The SMILES string of the molecule is CCN1CCC(Nc2c(C)cc(C)cc2Br)CC1. The predicted molar refractivity (Wildman–Crippen MR) is 82.4 cm³/mol. The molecule has 0 spiro atoms. The summed E-state index contributed by atoms with van der Waals surface area (Å²) in [5.74, 6) is 0. The highest BCUT2D eigenvalue weighted by Gasteiger charge is 2.19. The molecule has 1 N–H and O–H groups in total. The summed E-state index contributed by atoms with van der Waals surface area (Å²) in [6.45, 7) is 10.2. The van der Waals surface area contributed by atoms with Crippen LogP contribution in [0, 0.1) is 13.8 Å². The molecule has 1 heterocycles. The second kappa shape index (κ2) is 6.07. The molecule has 1 aromatic carbocycles. The second-order valence-electron chi connectivity index (χ2n) is 5.29. The third-order valence-electron chi connectivity index (χ3n) is 3.81. The molecule has 1 aliphatic rings. The van der Waals surface area contributed by atoms with Crippen LogP contribution in [0.1, 0.15) is 30.9 Å². The normalized spacial score (nSPS) is 18.0. The molecule has 0 amide bonds. The third kappa shape index (κ3) is 3.27. The highest BCUT2D eigenvalue weighted by Crippen LogP contribution is 2.29. The second-order valence-corrected chi connectivity index (χ2v) is 6.15. The summed E-state index contributed by atoms with van der Waals surface area (Å²) in [6, 6.07) is 5.05. The van der Waals surface area contributed by atoms with Gasteiger partial charge in [0.05, 0.1) is 5.69 Å². The van der Waals surface area contributed by atoms with Gasteiger partial charge >= 0.3 is 0 Å². The molecule has 1 saturated heterocycles. The molecular weight excluding hydrogens is 288 g/mol. The molecule has 100 valence electrons. The van der Waals surface area contributed by atoms with Gasteiger partial charge in [0, 0.05) is 23.6 Å². The molecule has 0 atom stereocenters. The Morgan fingerprint density at radius 2 is 1.94 bits per heavy atom. The first kappa shape index (κ1) is 13.9. The largest absolute Gasteiger partial charge is 0.381 e. The lowest BCUT2D eigenvalue weighted by Gasteiger charge is -2.32. The summed E-state index contributed by atoms with van der Waals surface area (Å²) in [7, 11) is 0. The number of aryl methyl sites for hydroxylation is 2. The van der Waals surface area contributed by atoms with Crippen molar-refractivity contribution < 1.29 is 0 Å². The number of piperidine rings is 1. The molecule has 0 radical (unpaired) electrons. The van der Waals surface area contributed by atoms with Crippen LogP contribution in [0.4, 0.5) is 5.69 Å². The van der Waals surface area contributed by atoms with E-state index in [2.05, 4.69) is 59.1 Å². The maximum Gasteiger partial charge on any atom is 0.0516 e. The first-order valence-electron chi connectivity index (χ1n) is 6.85. The van der Waals surface area contributed by atoms with Crippen LogP contribution in [-0.2, 0) is 0 Å². The summed E-state index contributed by atoms with van der Waals surface area (Å²) in [5.41, 5.74) is 3.92. The zero-order chi connectivity index (χ0) is 13.1. The lowest BCUT2D eigenvalue weighted by atomic mass is 10.0. The Morgan fingerprint density at radius 3 is 2.50 bits per heavy atom. The van der Waals surface area contributed by atoms with Crippen molar-refractivity contribution in [3.63, 3.8) is 0 Å². The topological polar surface area (TPSA) is 15.3 Å². The van der Waals surface area contributed by atoms with Gasteiger partial charge in [-0.05, 0) is 66.4 Å². The number of halogens is 1. The molecule has 0 aromatic heterocycles. The minimum Gasteiger partial charge on any atom is -0.381 e. The zero-order valence-corrected chi connectivity index (χ0v) is 13.2. The first-order valence-corrected chi connectivity index (χ1v) is 7.65. The van der Waals surface area contributed by atoms with Crippen LogP contribution in [0.25, 0.3) is 0 Å². The molecule has 2 rings (SSSR count). The highest BCUT2D eigenvalue weighted by molar-refractivity contribution is 9.10. The van der Waals surface area contributed by atoms with Crippen molar-refractivity contribution in [2.75, 3.05) is 25.0 Å². The average Bonchev–Trinajstić information content (AvgIpc) is 2.34. The number of nitrogens with one attached hydrogen (secondary N) is 1. The van der Waals surface area contributed by atoms with E-state index in [0.29, 0.717) is 6.04 Å². The number of benzene rings is 1. The van der Waals surface area contributed by atoms with E-state index in [0.717, 1.165) is 0 Å². The fourth-order valence-corrected chi connectivity index (χ4v) is 3.48. The molecule has 0 aliphatic carbocycles. The third-order valence-corrected chi connectivity index (χ3v) is 4.44. The Kier molecular flexibility index (Phi) is 4.68. The summed E-state index contributed by atoms with van der Waals surface area (Å²) < 4.78 is 1.19. The Bertz CT molecular complexity index is 386. The van der Waals surface area contributed by atoms with Gasteiger partial charge in [0.15, 0.2) is 0 Å². The van der Waals surface area contributed by atoms with E-state index >= 15 is 0 Å². The van der Waals surface area contributed by atoms with Gasteiger partial charge < -0.3 is 10.2 Å². The van der Waals surface area contributed by atoms with E-state index in [1.165, 1.54) is 53.8 Å². The maximum absolute atomic E-state index is 3.72. The summed E-state index contributed by atoms with van der Waals surface area (Å²) >= 11 is 3.68. The minimum atomic E-state index is 0.616. The van der Waals surface area contributed by atoms with Gasteiger partial charge in [-0.3, -0.25) is 0 Å². The number of anilines is 1. The van der Waals surface area contributed by atoms with Crippen molar-refractivity contribution in [3.05, 3.63) is 27.7 Å². The van der Waals surface area contributed by atoms with Crippen LogP contribution in [0.2, 0.25) is 0 Å². The number of hydrogen-bond donors (Lipinski definition) is 1. The maximum atomic E-state index is 3.72. The van der Waals surface area contributed by atoms with Crippen LogP contribution < -0.4 is 5.32 Å². The van der Waals surface area contributed by atoms with Crippen LogP contribution in [0.15, 0.2) is 16.6 Å². The standard InChI is InChI=1S/C15H23BrN2/c1-4-18-7-5-13(6-8-18)17-15-12(3)9-11(2)10-14(15)16/h9-10,13,17H,4-8H2,1-3H3. The molecule has 1 aliphatic heterocycles. The average molecular weight is 311 g/mol. The Balaban J connectivity index is 2.02. The molecule has 0 bridgehead atoms. The quantitative estimate of drug-likeness (QED) is 0.909. The van der Waals surface area contributed by atoms with Gasteiger partial charge in [0.2, 0.25) is 0 Å². The van der Waals surface area contributed by atoms with Gasteiger partial charge in [-0.15, -0.1) is 0 Å². The van der Waals surface area contributed by atoms with E-state index in [1.54, 1.807) is 0 Å². The fraction of sp³-hybridized carbons (Fsp3) is 0.600. The summed E-state index contributed by atoms with van der Waals surface area (Å²) in [4.78, 5) is 2.52. The zero-order valence-electron chi connectivity index (χ0n) is 11.6. The van der Waals surface area contributed by atoms with Crippen molar-refractivity contribution in [1.29, 1.82) is 0 Å². The van der Waals surface area contributed by atoms with Crippen molar-refractivity contribution in [1.82, 2.24) is 4.90 Å². The van der Waals surface area contributed by atoms with Crippen molar-refractivity contribution in [3.8, 4) is 0 Å². The summed E-state index contributed by atoms with van der Waals surface area (Å²) in [5, 5.41) is 3.72. The van der Waals surface area contributed by atoms with E-state index in [1.807, 2.05) is 0 Å². The Morgan fingerprint density at radius 1 is 1.28 bits per heavy atom. The van der Waals surface area contributed by atoms with Gasteiger partial charge in [-0.25, -0.2) is 0 Å². The molecule has 0 unspecified atom stereocenters. The first-order chi connectivity index (χ1) is 8.60. The van der Waals surface area contributed by atoms with Gasteiger partial charge in [-0.1, -0.05) is 13.0 Å². The van der Waals surface area contributed by atoms with E-state index < -0.39 is 0 Å². The van der Waals surface area contributed by atoms with Crippen LogP contribution in [0.5, 0.6) is 0 Å². The van der Waals surface area contributed by atoms with Gasteiger partial charge in [-0.2, -0.15) is 0 Å². The Labute approximate surface area is 119 Å². The van der Waals surface area contributed by atoms with E-state index in [-0.39, 0.29) is 0 Å². The molecule has 0 saturated carbocycles. The van der Waals surface area contributed by atoms with E-state index in [4.69, 9.17) is 0 Å². The molecule has 3 heteroatoms. The molecular formula is C15H23BrN2. The lowest BCUT2D eigenvalue weighted by molar-refractivity contribution is 0.229. The van der Waals surface area contributed by atoms with Crippen LogP contribution in [-0.4, -0.2) is 30.6 Å². The molecule has 1 fully saturated rings. The van der Waals surface area contributed by atoms with Crippen molar-refractivity contribution in [2.45, 2.75) is 39.7 Å². The molecule has 18 heavy (non-hydrogen) atoms. The van der Waals surface area contributed by atoms with Crippen LogP contribution in [0.3, 0.4) is 0 Å².